The molecule has 0 aliphatic rings. The lowest BCUT2D eigenvalue weighted by Gasteiger charge is -1.98. The van der Waals surface area contributed by atoms with Crippen LogP contribution in [0, 0.1) is 6.92 Å². The average molecular weight is 276 g/mol. The molecule has 1 amide bonds. The fourth-order valence-electron chi connectivity index (χ4n) is 1.48. The summed E-state index contributed by atoms with van der Waals surface area (Å²) >= 11 is 1.43. The number of aromatic amines is 1. The summed E-state index contributed by atoms with van der Waals surface area (Å²) in [5, 5.41) is 14.4. The van der Waals surface area contributed by atoms with Gasteiger partial charge in [-0.3, -0.25) is 14.9 Å². The van der Waals surface area contributed by atoms with Crippen LogP contribution in [0.5, 0.6) is 0 Å². The molecule has 0 saturated heterocycles. The van der Waals surface area contributed by atoms with E-state index in [0.29, 0.717) is 4.96 Å². The van der Waals surface area contributed by atoms with Gasteiger partial charge in [-0.05, 0) is 13.0 Å². The second-order valence-corrected chi connectivity index (χ2v) is 4.60. The molecule has 0 bridgehead atoms. The summed E-state index contributed by atoms with van der Waals surface area (Å²) in [5.74, 6) is -0.278. The zero-order chi connectivity index (χ0) is 13.4. The molecule has 0 spiro atoms. The average Bonchev–Trinajstić information content (AvgIpc) is 2.93. The molecule has 0 aliphatic heterocycles. The summed E-state index contributed by atoms with van der Waals surface area (Å²) < 4.78 is 1.64. The number of hydrogen-bond acceptors (Lipinski definition) is 6. The van der Waals surface area contributed by atoms with Crippen molar-refractivity contribution in [3.63, 3.8) is 0 Å². The summed E-state index contributed by atoms with van der Waals surface area (Å²) in [4.78, 5) is 27.5. The van der Waals surface area contributed by atoms with Crippen LogP contribution in [0.15, 0.2) is 22.3 Å². The van der Waals surface area contributed by atoms with E-state index in [4.69, 9.17) is 0 Å². The first-order valence-corrected chi connectivity index (χ1v) is 6.19. The molecule has 0 atom stereocenters. The first-order valence-electron chi connectivity index (χ1n) is 5.31. The molecule has 0 aliphatic carbocycles. The predicted molar refractivity (Wildman–Crippen MR) is 68.4 cm³/mol. The van der Waals surface area contributed by atoms with E-state index in [1.54, 1.807) is 4.52 Å². The predicted octanol–water partition coefficient (Wildman–Crippen LogP) is 0.435. The van der Waals surface area contributed by atoms with E-state index in [2.05, 4.69) is 25.6 Å². The molecule has 3 aromatic heterocycles. The molecule has 0 radical (unpaired) electrons. The standard InChI is InChI=1S/C10H8N6O2S/c1-5-4-19-10-12-9(15-16(5)10)11-8(18)6-2-3-7(17)14-13-6/h2-4H,1H3,(H,14,17)(H,11,15,18). The van der Waals surface area contributed by atoms with Crippen LogP contribution in [0.1, 0.15) is 16.2 Å². The van der Waals surface area contributed by atoms with Crippen molar-refractivity contribution < 1.29 is 4.79 Å². The van der Waals surface area contributed by atoms with Gasteiger partial charge in [0.2, 0.25) is 4.96 Å². The molecular weight excluding hydrogens is 268 g/mol. The van der Waals surface area contributed by atoms with Crippen molar-refractivity contribution in [3.05, 3.63) is 39.3 Å². The fraction of sp³-hybridized carbons (Fsp3) is 0.100. The summed E-state index contributed by atoms with van der Waals surface area (Å²) in [7, 11) is 0. The highest BCUT2D eigenvalue weighted by Crippen LogP contribution is 2.15. The minimum absolute atomic E-state index is 0.0921. The Kier molecular flexibility index (Phi) is 2.60. The number of nitrogens with one attached hydrogen (secondary N) is 2. The van der Waals surface area contributed by atoms with Gasteiger partial charge in [0.25, 0.3) is 17.4 Å². The highest BCUT2D eigenvalue weighted by atomic mass is 32.1. The van der Waals surface area contributed by atoms with E-state index in [1.807, 2.05) is 12.3 Å². The third-order valence-electron chi connectivity index (χ3n) is 2.38. The van der Waals surface area contributed by atoms with E-state index in [-0.39, 0.29) is 17.2 Å². The zero-order valence-corrected chi connectivity index (χ0v) is 10.6. The highest BCUT2D eigenvalue weighted by Gasteiger charge is 2.12. The Bertz CT molecular complexity index is 796. The van der Waals surface area contributed by atoms with Gasteiger partial charge in [0.15, 0.2) is 0 Å². The van der Waals surface area contributed by atoms with Gasteiger partial charge >= 0.3 is 0 Å². The van der Waals surface area contributed by atoms with Crippen LogP contribution in [0.2, 0.25) is 0 Å². The topological polar surface area (TPSA) is 105 Å². The van der Waals surface area contributed by atoms with Crippen molar-refractivity contribution >= 4 is 28.2 Å². The van der Waals surface area contributed by atoms with Crippen molar-refractivity contribution in [1.82, 2.24) is 24.8 Å². The normalized spacial score (nSPS) is 10.8. The zero-order valence-electron chi connectivity index (χ0n) is 9.75. The number of rotatable bonds is 2. The number of amides is 1. The number of anilines is 1. The number of H-pyrrole nitrogens is 1. The van der Waals surface area contributed by atoms with Gasteiger partial charge in [-0.15, -0.1) is 16.4 Å². The number of hydrogen-bond donors (Lipinski definition) is 2. The maximum absolute atomic E-state index is 11.8. The molecule has 3 aromatic rings. The number of thiazole rings is 1. The number of carbonyl (C=O) groups excluding carboxylic acids is 1. The lowest BCUT2D eigenvalue weighted by molar-refractivity contribution is 0.102. The fourth-order valence-corrected chi connectivity index (χ4v) is 2.28. The smallest absolute Gasteiger partial charge is 0.278 e. The molecule has 0 aromatic carbocycles. The van der Waals surface area contributed by atoms with Crippen LogP contribution in [0.25, 0.3) is 4.96 Å². The minimum atomic E-state index is -0.479. The summed E-state index contributed by atoms with van der Waals surface area (Å²) in [6.45, 7) is 1.90. The number of nitrogens with zero attached hydrogens (tertiary/aromatic N) is 4. The van der Waals surface area contributed by atoms with E-state index in [0.717, 1.165) is 5.69 Å². The molecule has 8 nitrogen and oxygen atoms in total. The quantitative estimate of drug-likeness (QED) is 0.706. The highest BCUT2D eigenvalue weighted by molar-refractivity contribution is 7.15. The second kappa shape index (κ2) is 4.28. The van der Waals surface area contributed by atoms with Crippen molar-refractivity contribution in [2.24, 2.45) is 0 Å². The van der Waals surface area contributed by atoms with Crippen LogP contribution >= 0.6 is 11.3 Å². The Morgan fingerprint density at radius 3 is 3.00 bits per heavy atom. The molecular formula is C10H8N6O2S. The molecule has 3 rings (SSSR count). The van der Waals surface area contributed by atoms with Gasteiger partial charge in [-0.1, -0.05) is 0 Å². The van der Waals surface area contributed by atoms with Crippen LogP contribution in [0.3, 0.4) is 0 Å². The van der Waals surface area contributed by atoms with E-state index in [1.165, 1.54) is 23.5 Å². The minimum Gasteiger partial charge on any atom is -0.288 e. The van der Waals surface area contributed by atoms with Gasteiger partial charge in [0, 0.05) is 11.4 Å². The van der Waals surface area contributed by atoms with Gasteiger partial charge < -0.3 is 0 Å². The largest absolute Gasteiger partial charge is 0.288 e. The van der Waals surface area contributed by atoms with Crippen LogP contribution in [0.4, 0.5) is 5.95 Å². The van der Waals surface area contributed by atoms with Crippen LogP contribution in [-0.2, 0) is 0 Å². The molecule has 0 saturated carbocycles. The maximum atomic E-state index is 11.8. The molecule has 9 heteroatoms. The lowest BCUT2D eigenvalue weighted by Crippen LogP contribution is -2.18. The third kappa shape index (κ3) is 2.10. The van der Waals surface area contributed by atoms with Crippen molar-refractivity contribution in [3.8, 4) is 0 Å². The number of aryl methyl sites for hydroxylation is 1. The second-order valence-electron chi connectivity index (χ2n) is 3.77. The Morgan fingerprint density at radius 2 is 2.32 bits per heavy atom. The van der Waals surface area contributed by atoms with Crippen molar-refractivity contribution in [2.45, 2.75) is 6.92 Å². The summed E-state index contributed by atoms with van der Waals surface area (Å²) in [5.41, 5.74) is 0.664. The van der Waals surface area contributed by atoms with Gasteiger partial charge in [0.1, 0.15) is 5.69 Å². The first-order chi connectivity index (χ1) is 9.13. The van der Waals surface area contributed by atoms with Crippen molar-refractivity contribution in [2.75, 3.05) is 5.32 Å². The molecule has 0 unspecified atom stereocenters. The molecule has 0 fully saturated rings. The SMILES string of the molecule is Cc1csc2nc(NC(=O)c3ccc(=O)[nH]n3)nn12. The van der Waals surface area contributed by atoms with E-state index in [9.17, 15) is 9.59 Å². The number of carbonyl (C=O) groups is 1. The molecule has 3 heterocycles. The van der Waals surface area contributed by atoms with E-state index >= 15 is 0 Å². The van der Waals surface area contributed by atoms with Crippen LogP contribution < -0.4 is 10.9 Å². The van der Waals surface area contributed by atoms with Crippen molar-refractivity contribution in [1.29, 1.82) is 0 Å². The first kappa shape index (κ1) is 11.5. The maximum Gasteiger partial charge on any atom is 0.278 e. The van der Waals surface area contributed by atoms with Gasteiger partial charge in [0.05, 0.1) is 5.69 Å². The molecule has 2 N–H and O–H groups in total. The summed E-state index contributed by atoms with van der Waals surface area (Å²) in [6.07, 6.45) is 0. The monoisotopic (exact) mass is 276 g/mol. The number of fused-ring (bicyclic) bond motifs is 1. The summed E-state index contributed by atoms with van der Waals surface area (Å²) in [6, 6.07) is 2.56. The number of aromatic nitrogens is 5. The Hall–Kier alpha value is -2.55. The molecule has 19 heavy (non-hydrogen) atoms. The third-order valence-corrected chi connectivity index (χ3v) is 3.32. The van der Waals surface area contributed by atoms with E-state index < -0.39 is 5.91 Å². The van der Waals surface area contributed by atoms with Gasteiger partial charge in [-0.25, -0.2) is 9.61 Å². The van der Waals surface area contributed by atoms with Gasteiger partial charge in [-0.2, -0.15) is 10.1 Å². The Labute approximate surface area is 110 Å². The molecule has 96 valence electrons. The van der Waals surface area contributed by atoms with Crippen LogP contribution in [-0.4, -0.2) is 30.7 Å². The Morgan fingerprint density at radius 1 is 1.47 bits per heavy atom. The lowest BCUT2D eigenvalue weighted by atomic mass is 10.4. The Balaban J connectivity index is 1.86.